The topological polar surface area (TPSA) is 44.9 Å². The summed E-state index contributed by atoms with van der Waals surface area (Å²) < 4.78 is 13.4. The first-order valence-corrected chi connectivity index (χ1v) is 6.71. The second-order valence-corrected chi connectivity index (χ2v) is 4.97. The van der Waals surface area contributed by atoms with Crippen molar-refractivity contribution in [3.8, 4) is 0 Å². The van der Waals surface area contributed by atoms with Gasteiger partial charge < -0.3 is 10.3 Å². The van der Waals surface area contributed by atoms with E-state index in [1.165, 1.54) is 6.07 Å². The van der Waals surface area contributed by atoms with E-state index in [-0.39, 0.29) is 11.7 Å². The maximum atomic E-state index is 13.4. The van der Waals surface area contributed by atoms with Crippen molar-refractivity contribution in [3.63, 3.8) is 0 Å². The number of H-pyrrole nitrogens is 1. The summed E-state index contributed by atoms with van der Waals surface area (Å²) in [5.74, 6) is -0.262. The van der Waals surface area contributed by atoms with Gasteiger partial charge in [-0.15, -0.1) is 0 Å². The van der Waals surface area contributed by atoms with E-state index < -0.39 is 0 Å². The Morgan fingerprint density at radius 3 is 2.65 bits per heavy atom. The smallest absolute Gasteiger partial charge is 0.224 e. The molecule has 0 spiro atoms. The maximum Gasteiger partial charge on any atom is 0.224 e. The van der Waals surface area contributed by atoms with Crippen LogP contribution in [0.15, 0.2) is 30.3 Å². The van der Waals surface area contributed by atoms with Gasteiger partial charge >= 0.3 is 0 Å². The second-order valence-electron chi connectivity index (χ2n) is 4.97. The van der Waals surface area contributed by atoms with E-state index >= 15 is 0 Å². The number of hydrogen-bond donors (Lipinski definition) is 2. The van der Waals surface area contributed by atoms with Gasteiger partial charge in [-0.1, -0.05) is 18.2 Å². The molecule has 0 saturated heterocycles. The van der Waals surface area contributed by atoms with Crippen LogP contribution in [-0.4, -0.2) is 17.4 Å². The van der Waals surface area contributed by atoms with Crippen LogP contribution < -0.4 is 5.32 Å². The highest BCUT2D eigenvalue weighted by Gasteiger charge is 2.08. The average molecular weight is 274 g/mol. The number of hydrogen-bond acceptors (Lipinski definition) is 1. The molecule has 0 fully saturated rings. The van der Waals surface area contributed by atoms with Crippen LogP contribution in [0.3, 0.4) is 0 Å². The lowest BCUT2D eigenvalue weighted by atomic mass is 10.1. The van der Waals surface area contributed by atoms with Crippen LogP contribution in [0.4, 0.5) is 4.39 Å². The molecule has 2 N–H and O–H groups in total. The Morgan fingerprint density at radius 1 is 1.25 bits per heavy atom. The Bertz CT molecular complexity index is 604. The molecular formula is C16H19FN2O. The molecule has 1 amide bonds. The summed E-state index contributed by atoms with van der Waals surface area (Å²) in [5.41, 5.74) is 3.70. The Hall–Kier alpha value is -2.10. The lowest BCUT2D eigenvalue weighted by Gasteiger charge is -2.06. The Labute approximate surface area is 118 Å². The molecule has 0 aliphatic carbocycles. The highest BCUT2D eigenvalue weighted by atomic mass is 19.1. The van der Waals surface area contributed by atoms with Crippen LogP contribution in [0.2, 0.25) is 0 Å². The van der Waals surface area contributed by atoms with Gasteiger partial charge in [-0.05, 0) is 43.5 Å². The molecule has 0 bridgehead atoms. The van der Waals surface area contributed by atoms with Crippen molar-refractivity contribution >= 4 is 5.91 Å². The third kappa shape index (κ3) is 3.70. The second kappa shape index (κ2) is 6.37. The van der Waals surface area contributed by atoms with Gasteiger partial charge in [-0.3, -0.25) is 4.79 Å². The Morgan fingerprint density at radius 2 is 2.00 bits per heavy atom. The third-order valence-corrected chi connectivity index (χ3v) is 3.28. The van der Waals surface area contributed by atoms with Gasteiger partial charge in [0.05, 0.1) is 6.42 Å². The lowest BCUT2D eigenvalue weighted by Crippen LogP contribution is -2.27. The fourth-order valence-electron chi connectivity index (χ4n) is 2.24. The van der Waals surface area contributed by atoms with Crippen LogP contribution in [0.25, 0.3) is 0 Å². The summed E-state index contributed by atoms with van der Waals surface area (Å²) in [4.78, 5) is 15.0. The molecule has 1 aromatic heterocycles. The monoisotopic (exact) mass is 274 g/mol. The lowest BCUT2D eigenvalue weighted by molar-refractivity contribution is -0.120. The number of aromatic nitrogens is 1. The Kier molecular flexibility index (Phi) is 4.56. The number of halogens is 1. The third-order valence-electron chi connectivity index (χ3n) is 3.28. The number of carbonyl (C=O) groups excluding carboxylic acids is 1. The SMILES string of the molecule is Cc1cc(CC(=O)NCCc2ccccc2F)c(C)[nH]1. The van der Waals surface area contributed by atoms with Gasteiger partial charge in [0.25, 0.3) is 0 Å². The van der Waals surface area contributed by atoms with Crippen molar-refractivity contribution in [2.75, 3.05) is 6.54 Å². The summed E-state index contributed by atoms with van der Waals surface area (Å²) in [5, 5.41) is 2.82. The first-order chi connectivity index (χ1) is 9.56. The minimum absolute atomic E-state index is 0.0385. The standard InChI is InChI=1S/C16H19FN2O/c1-11-9-14(12(2)19-11)10-16(20)18-8-7-13-5-3-4-6-15(13)17/h3-6,9,19H,7-8,10H2,1-2H3,(H,18,20). The van der Waals surface area contributed by atoms with E-state index in [2.05, 4.69) is 10.3 Å². The number of rotatable bonds is 5. The number of aryl methyl sites for hydroxylation is 2. The van der Waals surface area contributed by atoms with Crippen molar-refractivity contribution in [3.05, 3.63) is 58.7 Å². The quantitative estimate of drug-likeness (QED) is 0.865. The molecule has 20 heavy (non-hydrogen) atoms. The first kappa shape index (κ1) is 14.3. The number of aromatic amines is 1. The molecule has 2 rings (SSSR count). The summed E-state index contributed by atoms with van der Waals surface area (Å²) in [6.45, 7) is 4.36. The fourth-order valence-corrected chi connectivity index (χ4v) is 2.24. The molecule has 0 unspecified atom stereocenters. The van der Waals surface area contributed by atoms with E-state index in [1.807, 2.05) is 19.9 Å². The molecule has 0 saturated carbocycles. The summed E-state index contributed by atoms with van der Waals surface area (Å²) in [7, 11) is 0. The van der Waals surface area contributed by atoms with Crippen molar-refractivity contribution in [1.29, 1.82) is 0 Å². The van der Waals surface area contributed by atoms with E-state index in [4.69, 9.17) is 0 Å². The predicted octanol–water partition coefficient (Wildman–Crippen LogP) is 2.67. The summed E-state index contributed by atoms with van der Waals surface area (Å²) in [6.07, 6.45) is 0.858. The van der Waals surface area contributed by atoms with Gasteiger partial charge in [0.2, 0.25) is 5.91 Å². The molecule has 0 atom stereocenters. The van der Waals surface area contributed by atoms with Crippen molar-refractivity contribution in [2.45, 2.75) is 26.7 Å². The summed E-state index contributed by atoms with van der Waals surface area (Å²) >= 11 is 0. The molecule has 3 nitrogen and oxygen atoms in total. The largest absolute Gasteiger partial charge is 0.362 e. The fraction of sp³-hybridized carbons (Fsp3) is 0.312. The van der Waals surface area contributed by atoms with E-state index in [1.54, 1.807) is 18.2 Å². The zero-order chi connectivity index (χ0) is 14.5. The number of nitrogens with one attached hydrogen (secondary N) is 2. The molecule has 2 aromatic rings. The molecule has 0 aliphatic heterocycles. The van der Waals surface area contributed by atoms with Gasteiger partial charge in [0.1, 0.15) is 5.82 Å². The van der Waals surface area contributed by atoms with Crippen molar-refractivity contribution in [2.24, 2.45) is 0 Å². The Balaban J connectivity index is 1.81. The van der Waals surface area contributed by atoms with Gasteiger partial charge in [-0.25, -0.2) is 4.39 Å². The normalized spacial score (nSPS) is 10.6. The van der Waals surface area contributed by atoms with Crippen LogP contribution >= 0.6 is 0 Å². The van der Waals surface area contributed by atoms with Crippen LogP contribution in [-0.2, 0) is 17.6 Å². The minimum Gasteiger partial charge on any atom is -0.362 e. The highest BCUT2D eigenvalue weighted by Crippen LogP contribution is 2.10. The van der Waals surface area contributed by atoms with Crippen molar-refractivity contribution in [1.82, 2.24) is 10.3 Å². The zero-order valence-corrected chi connectivity index (χ0v) is 11.8. The van der Waals surface area contributed by atoms with E-state index in [9.17, 15) is 9.18 Å². The van der Waals surface area contributed by atoms with Gasteiger partial charge in [-0.2, -0.15) is 0 Å². The summed E-state index contributed by atoms with van der Waals surface area (Å²) in [6, 6.07) is 8.61. The van der Waals surface area contributed by atoms with Crippen molar-refractivity contribution < 1.29 is 9.18 Å². The molecule has 1 aromatic carbocycles. The van der Waals surface area contributed by atoms with E-state index in [0.29, 0.717) is 24.9 Å². The van der Waals surface area contributed by atoms with Crippen LogP contribution in [0.1, 0.15) is 22.5 Å². The number of benzene rings is 1. The van der Waals surface area contributed by atoms with Gasteiger partial charge in [0.15, 0.2) is 0 Å². The average Bonchev–Trinajstić information content (AvgIpc) is 2.70. The van der Waals surface area contributed by atoms with E-state index in [0.717, 1.165) is 17.0 Å². The first-order valence-electron chi connectivity index (χ1n) is 6.71. The maximum absolute atomic E-state index is 13.4. The van der Waals surface area contributed by atoms with Gasteiger partial charge in [0, 0.05) is 17.9 Å². The number of carbonyl (C=O) groups is 1. The molecule has 0 aliphatic rings. The minimum atomic E-state index is -0.223. The predicted molar refractivity (Wildman–Crippen MR) is 77.1 cm³/mol. The molecule has 106 valence electrons. The number of amides is 1. The molecule has 4 heteroatoms. The molecule has 0 radical (unpaired) electrons. The highest BCUT2D eigenvalue weighted by molar-refractivity contribution is 5.78. The zero-order valence-electron chi connectivity index (χ0n) is 11.8. The van der Waals surface area contributed by atoms with Crippen LogP contribution in [0.5, 0.6) is 0 Å². The molecular weight excluding hydrogens is 255 g/mol. The van der Waals surface area contributed by atoms with Crippen LogP contribution in [0, 0.1) is 19.7 Å². The molecule has 1 heterocycles.